The number of methoxy groups -OCH3 is 1. The van der Waals surface area contributed by atoms with Gasteiger partial charge in [-0.2, -0.15) is 0 Å². The lowest BCUT2D eigenvalue weighted by Crippen LogP contribution is -1.94. The van der Waals surface area contributed by atoms with Gasteiger partial charge in [0, 0.05) is 0 Å². The molecule has 0 N–H and O–H groups in total. The van der Waals surface area contributed by atoms with Gasteiger partial charge in [0.25, 0.3) is 6.43 Å². The van der Waals surface area contributed by atoms with Crippen LogP contribution in [0.25, 0.3) is 0 Å². The van der Waals surface area contributed by atoms with Crippen LogP contribution in [0.3, 0.4) is 0 Å². The van der Waals surface area contributed by atoms with Crippen molar-refractivity contribution < 1.29 is 13.5 Å². The molecule has 0 aliphatic heterocycles. The van der Waals surface area contributed by atoms with Crippen molar-refractivity contribution in [1.82, 2.24) is 4.98 Å². The molecule has 0 unspecified atom stereocenters. The fourth-order valence-corrected chi connectivity index (χ4v) is 1.24. The summed E-state index contributed by atoms with van der Waals surface area (Å²) in [6, 6.07) is 1.29. The van der Waals surface area contributed by atoms with Crippen LogP contribution in [-0.4, -0.2) is 12.1 Å². The van der Waals surface area contributed by atoms with Gasteiger partial charge in [-0.05, 0) is 28.7 Å². The number of rotatable bonds is 2. The predicted molar refractivity (Wildman–Crippen MR) is 48.5 cm³/mol. The topological polar surface area (TPSA) is 22.1 Å². The lowest BCUT2D eigenvalue weighted by molar-refractivity contribution is 0.149. The zero-order valence-electron chi connectivity index (χ0n) is 6.22. The Morgan fingerprint density at radius 1 is 1.58 bits per heavy atom. The van der Waals surface area contributed by atoms with Crippen LogP contribution in [0.2, 0.25) is 0 Å². The van der Waals surface area contributed by atoms with Crippen LogP contribution < -0.4 is 4.74 Å². The molecule has 0 atom stereocenters. The van der Waals surface area contributed by atoms with Crippen molar-refractivity contribution in [2.75, 3.05) is 7.11 Å². The third-order valence-corrected chi connectivity index (χ3v) is 2.21. The average Bonchev–Trinajstić information content (AvgIpc) is 2.05. The van der Waals surface area contributed by atoms with Crippen molar-refractivity contribution in [3.63, 3.8) is 0 Å². The summed E-state index contributed by atoms with van der Waals surface area (Å²) >= 11 is 1.76. The summed E-state index contributed by atoms with van der Waals surface area (Å²) in [5, 5.41) is 0. The van der Waals surface area contributed by atoms with Crippen LogP contribution >= 0.6 is 22.6 Å². The highest BCUT2D eigenvalue weighted by molar-refractivity contribution is 14.1. The van der Waals surface area contributed by atoms with Crippen molar-refractivity contribution in [3.8, 4) is 5.75 Å². The first-order valence-electron chi connectivity index (χ1n) is 3.12. The number of alkyl halides is 2. The van der Waals surface area contributed by atoms with E-state index >= 15 is 0 Å². The normalized spacial score (nSPS) is 10.4. The number of pyridine rings is 1. The Hall–Kier alpha value is -0.460. The van der Waals surface area contributed by atoms with E-state index < -0.39 is 6.43 Å². The van der Waals surface area contributed by atoms with E-state index in [1.807, 2.05) is 0 Å². The van der Waals surface area contributed by atoms with Gasteiger partial charge in [0.15, 0.2) is 0 Å². The van der Waals surface area contributed by atoms with Crippen molar-refractivity contribution in [2.24, 2.45) is 0 Å². The van der Waals surface area contributed by atoms with E-state index in [9.17, 15) is 8.78 Å². The maximum atomic E-state index is 12.2. The fraction of sp³-hybridized carbons (Fsp3) is 0.286. The van der Waals surface area contributed by atoms with Crippen LogP contribution in [-0.2, 0) is 0 Å². The summed E-state index contributed by atoms with van der Waals surface area (Å²) < 4.78 is 29.6. The molecule has 0 fully saturated rings. The minimum absolute atomic E-state index is 0.0880. The molecule has 0 amide bonds. The molecule has 0 aromatic carbocycles. The Bertz CT molecular complexity index is 280. The number of ether oxygens (including phenoxy) is 1. The molecule has 0 radical (unpaired) electrons. The van der Waals surface area contributed by atoms with Gasteiger partial charge in [-0.25, -0.2) is 13.8 Å². The second kappa shape index (κ2) is 3.97. The van der Waals surface area contributed by atoms with Gasteiger partial charge in [0.2, 0.25) is 0 Å². The van der Waals surface area contributed by atoms with E-state index in [4.69, 9.17) is 4.74 Å². The molecule has 1 aromatic heterocycles. The Morgan fingerprint density at radius 2 is 2.25 bits per heavy atom. The second-order valence-corrected chi connectivity index (χ2v) is 3.08. The predicted octanol–water partition coefficient (Wildman–Crippen LogP) is 2.63. The van der Waals surface area contributed by atoms with Gasteiger partial charge < -0.3 is 4.74 Å². The average molecular weight is 285 g/mol. The molecular formula is C7H6F2INO. The fourth-order valence-electron chi connectivity index (χ4n) is 0.710. The minimum atomic E-state index is -2.50. The highest BCUT2D eigenvalue weighted by Gasteiger charge is 2.13. The molecule has 0 bridgehead atoms. The molecule has 0 saturated heterocycles. The maximum absolute atomic E-state index is 12.2. The molecule has 1 aromatic rings. The van der Waals surface area contributed by atoms with Gasteiger partial charge in [-0.1, -0.05) is 0 Å². The molecule has 1 rings (SSSR count). The second-order valence-electron chi connectivity index (χ2n) is 2.06. The number of hydrogen-bond donors (Lipinski definition) is 0. The zero-order valence-corrected chi connectivity index (χ0v) is 8.38. The largest absolute Gasteiger partial charge is 0.495 e. The lowest BCUT2D eigenvalue weighted by atomic mass is 10.3. The van der Waals surface area contributed by atoms with Crippen LogP contribution in [0, 0.1) is 3.70 Å². The van der Waals surface area contributed by atoms with Crippen molar-refractivity contribution in [2.45, 2.75) is 6.43 Å². The lowest BCUT2D eigenvalue weighted by Gasteiger charge is -2.04. The molecule has 66 valence electrons. The van der Waals surface area contributed by atoms with E-state index in [1.54, 1.807) is 22.6 Å². The standard InChI is InChI=1S/C7H6F2INO/c1-12-4-2-5(6(8)9)7(10)11-3-4/h2-3,6H,1H3. The summed E-state index contributed by atoms with van der Waals surface area (Å²) in [6.07, 6.45) is -1.09. The number of nitrogens with zero attached hydrogens (tertiary/aromatic N) is 1. The Balaban J connectivity index is 3.08. The van der Waals surface area contributed by atoms with Crippen LogP contribution in [0.15, 0.2) is 12.3 Å². The van der Waals surface area contributed by atoms with Crippen LogP contribution in [0.1, 0.15) is 12.0 Å². The highest BCUT2D eigenvalue weighted by Crippen LogP contribution is 2.25. The van der Waals surface area contributed by atoms with Crippen molar-refractivity contribution >= 4 is 22.6 Å². The summed E-state index contributed by atoms with van der Waals surface area (Å²) in [4.78, 5) is 3.75. The molecular weight excluding hydrogens is 279 g/mol. The third-order valence-electron chi connectivity index (χ3n) is 1.31. The van der Waals surface area contributed by atoms with E-state index in [2.05, 4.69) is 4.98 Å². The Kier molecular flexibility index (Phi) is 3.19. The first-order valence-corrected chi connectivity index (χ1v) is 4.20. The molecule has 0 spiro atoms. The van der Waals surface area contributed by atoms with Crippen molar-refractivity contribution in [1.29, 1.82) is 0 Å². The molecule has 2 nitrogen and oxygen atoms in total. The van der Waals surface area contributed by atoms with Gasteiger partial charge >= 0.3 is 0 Å². The van der Waals surface area contributed by atoms with Gasteiger partial charge in [-0.15, -0.1) is 0 Å². The molecule has 0 saturated carbocycles. The zero-order chi connectivity index (χ0) is 9.14. The van der Waals surface area contributed by atoms with E-state index in [0.29, 0.717) is 9.45 Å². The SMILES string of the molecule is COc1cnc(I)c(C(F)F)c1. The first-order chi connectivity index (χ1) is 5.65. The van der Waals surface area contributed by atoms with Gasteiger partial charge in [0.05, 0.1) is 18.9 Å². The van der Waals surface area contributed by atoms with E-state index in [0.717, 1.165) is 0 Å². The highest BCUT2D eigenvalue weighted by atomic mass is 127. The molecule has 5 heteroatoms. The number of halogens is 3. The monoisotopic (exact) mass is 285 g/mol. The van der Waals surface area contributed by atoms with Crippen molar-refractivity contribution in [3.05, 3.63) is 21.5 Å². The van der Waals surface area contributed by atoms with Gasteiger partial charge in [0.1, 0.15) is 9.45 Å². The first kappa shape index (κ1) is 9.63. The minimum Gasteiger partial charge on any atom is -0.495 e. The molecule has 0 aliphatic rings. The summed E-state index contributed by atoms with van der Waals surface area (Å²) in [5.74, 6) is 0.353. The summed E-state index contributed by atoms with van der Waals surface area (Å²) in [5.41, 5.74) is -0.0880. The maximum Gasteiger partial charge on any atom is 0.266 e. The summed E-state index contributed by atoms with van der Waals surface area (Å²) in [6.45, 7) is 0. The molecule has 1 heterocycles. The number of hydrogen-bond acceptors (Lipinski definition) is 2. The smallest absolute Gasteiger partial charge is 0.266 e. The van der Waals surface area contributed by atoms with Crippen LogP contribution in [0.5, 0.6) is 5.75 Å². The molecule has 12 heavy (non-hydrogen) atoms. The van der Waals surface area contributed by atoms with E-state index in [-0.39, 0.29) is 5.56 Å². The quantitative estimate of drug-likeness (QED) is 0.615. The van der Waals surface area contributed by atoms with Gasteiger partial charge in [-0.3, -0.25) is 0 Å². The van der Waals surface area contributed by atoms with Crippen LogP contribution in [0.4, 0.5) is 8.78 Å². The number of aromatic nitrogens is 1. The Labute approximate surface area is 82.1 Å². The summed E-state index contributed by atoms with van der Waals surface area (Å²) in [7, 11) is 1.42. The van der Waals surface area contributed by atoms with E-state index in [1.165, 1.54) is 19.4 Å². The Morgan fingerprint density at radius 3 is 2.75 bits per heavy atom. The molecule has 0 aliphatic carbocycles. The third kappa shape index (κ3) is 2.02.